The second-order valence-electron chi connectivity index (χ2n) is 4.51. The number of ether oxygens (including phenoxy) is 4. The molecule has 0 aliphatic heterocycles. The molecule has 0 aliphatic rings. The van der Waals surface area contributed by atoms with E-state index in [1.54, 1.807) is 38.5 Å². The van der Waals surface area contributed by atoms with Crippen LogP contribution in [0.15, 0.2) is 24.3 Å². The summed E-state index contributed by atoms with van der Waals surface area (Å²) in [5.41, 5.74) is 0.410. The van der Waals surface area contributed by atoms with Gasteiger partial charge >= 0.3 is 11.9 Å². The summed E-state index contributed by atoms with van der Waals surface area (Å²) < 4.78 is 20.0. The van der Waals surface area contributed by atoms with Crippen molar-refractivity contribution in [2.75, 3.05) is 40.6 Å². The van der Waals surface area contributed by atoms with Crippen LogP contribution in [0.2, 0.25) is 0 Å². The predicted molar refractivity (Wildman–Crippen MR) is 80.0 cm³/mol. The Labute approximate surface area is 130 Å². The Bertz CT molecular complexity index is 428. The van der Waals surface area contributed by atoms with Crippen LogP contribution in [-0.4, -0.2) is 52.6 Å². The second kappa shape index (κ2) is 10.8. The van der Waals surface area contributed by atoms with E-state index in [1.165, 1.54) is 0 Å². The average Bonchev–Trinajstić information content (AvgIpc) is 2.55. The molecule has 1 aromatic carbocycles. The van der Waals surface area contributed by atoms with Crippen molar-refractivity contribution in [1.82, 2.24) is 0 Å². The summed E-state index contributed by atoms with van der Waals surface area (Å²) in [7, 11) is 3.16. The Morgan fingerprint density at radius 3 is 1.55 bits per heavy atom. The van der Waals surface area contributed by atoms with Gasteiger partial charge in [-0.3, -0.25) is 0 Å². The Kier molecular flexibility index (Phi) is 8.86. The van der Waals surface area contributed by atoms with Gasteiger partial charge in [0.05, 0.1) is 24.3 Å². The quantitative estimate of drug-likeness (QED) is 0.487. The van der Waals surface area contributed by atoms with Crippen LogP contribution in [0.5, 0.6) is 0 Å². The van der Waals surface area contributed by atoms with Crippen LogP contribution in [0.3, 0.4) is 0 Å². The normalized spacial score (nSPS) is 10.3. The zero-order chi connectivity index (χ0) is 16.2. The monoisotopic (exact) mass is 310 g/mol. The van der Waals surface area contributed by atoms with Crippen LogP contribution < -0.4 is 0 Å². The van der Waals surface area contributed by atoms with Crippen LogP contribution >= 0.6 is 0 Å². The van der Waals surface area contributed by atoms with Crippen molar-refractivity contribution >= 4 is 11.9 Å². The zero-order valence-electron chi connectivity index (χ0n) is 13.0. The molecule has 0 bridgehead atoms. The summed E-state index contributed by atoms with van der Waals surface area (Å²) in [4.78, 5) is 24.0. The van der Waals surface area contributed by atoms with Crippen molar-refractivity contribution in [1.29, 1.82) is 0 Å². The van der Waals surface area contributed by atoms with E-state index in [0.717, 1.165) is 0 Å². The standard InChI is InChI=1S/C16H22O6/c1-19-9-5-11-21-15(17)13-7-3-4-8-14(13)16(18)22-12-6-10-20-2/h3-4,7-8H,5-6,9-12H2,1-2H3. The third-order valence-electron chi connectivity index (χ3n) is 2.82. The van der Waals surface area contributed by atoms with E-state index in [9.17, 15) is 9.59 Å². The van der Waals surface area contributed by atoms with E-state index in [2.05, 4.69) is 0 Å². The minimum Gasteiger partial charge on any atom is -0.462 e. The van der Waals surface area contributed by atoms with Gasteiger partial charge in [0.25, 0.3) is 0 Å². The largest absolute Gasteiger partial charge is 0.462 e. The van der Waals surface area contributed by atoms with E-state index in [0.29, 0.717) is 26.1 Å². The van der Waals surface area contributed by atoms with Crippen LogP contribution in [0.1, 0.15) is 33.6 Å². The first-order chi connectivity index (χ1) is 10.7. The molecule has 0 amide bonds. The van der Waals surface area contributed by atoms with E-state index >= 15 is 0 Å². The number of rotatable bonds is 10. The number of hydrogen-bond donors (Lipinski definition) is 0. The highest BCUT2D eigenvalue weighted by atomic mass is 16.5. The Balaban J connectivity index is 2.60. The topological polar surface area (TPSA) is 71.1 Å². The summed E-state index contributed by atoms with van der Waals surface area (Å²) >= 11 is 0. The molecule has 6 nitrogen and oxygen atoms in total. The van der Waals surface area contributed by atoms with Crippen LogP contribution in [0.25, 0.3) is 0 Å². The SMILES string of the molecule is COCCCOC(=O)c1ccccc1C(=O)OCCCOC. The van der Waals surface area contributed by atoms with E-state index in [1.807, 2.05) is 0 Å². The number of hydrogen-bond acceptors (Lipinski definition) is 6. The third kappa shape index (κ3) is 6.24. The lowest BCUT2D eigenvalue weighted by Gasteiger charge is -2.09. The number of methoxy groups -OCH3 is 2. The average molecular weight is 310 g/mol. The van der Waals surface area contributed by atoms with Crippen molar-refractivity contribution in [2.45, 2.75) is 12.8 Å². The van der Waals surface area contributed by atoms with Gasteiger partial charge in [-0.25, -0.2) is 9.59 Å². The van der Waals surface area contributed by atoms with Gasteiger partial charge in [-0.1, -0.05) is 12.1 Å². The van der Waals surface area contributed by atoms with Crippen LogP contribution in [-0.2, 0) is 18.9 Å². The highest BCUT2D eigenvalue weighted by molar-refractivity contribution is 6.03. The van der Waals surface area contributed by atoms with Gasteiger partial charge in [0, 0.05) is 40.3 Å². The number of esters is 2. The van der Waals surface area contributed by atoms with Gasteiger partial charge in [-0.2, -0.15) is 0 Å². The summed E-state index contributed by atoms with van der Waals surface area (Å²) in [6.45, 7) is 1.50. The van der Waals surface area contributed by atoms with Gasteiger partial charge < -0.3 is 18.9 Å². The van der Waals surface area contributed by atoms with E-state index in [-0.39, 0.29) is 24.3 Å². The molecule has 0 radical (unpaired) electrons. The number of benzene rings is 1. The van der Waals surface area contributed by atoms with Crippen molar-refractivity contribution < 1.29 is 28.5 Å². The maximum atomic E-state index is 12.0. The first-order valence-electron chi connectivity index (χ1n) is 7.12. The Hall–Kier alpha value is -1.92. The van der Waals surface area contributed by atoms with E-state index < -0.39 is 11.9 Å². The molecule has 1 aromatic rings. The van der Waals surface area contributed by atoms with Gasteiger partial charge in [-0.05, 0) is 12.1 Å². The molecule has 0 fully saturated rings. The summed E-state index contributed by atoms with van der Waals surface area (Å²) in [6.07, 6.45) is 1.21. The lowest BCUT2D eigenvalue weighted by atomic mass is 10.1. The summed E-state index contributed by atoms with van der Waals surface area (Å²) in [6, 6.07) is 6.44. The van der Waals surface area contributed by atoms with Crippen molar-refractivity contribution in [2.24, 2.45) is 0 Å². The molecule has 1 rings (SSSR count). The fourth-order valence-electron chi connectivity index (χ4n) is 1.73. The van der Waals surface area contributed by atoms with Crippen molar-refractivity contribution in [3.05, 3.63) is 35.4 Å². The van der Waals surface area contributed by atoms with Gasteiger partial charge in [-0.15, -0.1) is 0 Å². The van der Waals surface area contributed by atoms with E-state index in [4.69, 9.17) is 18.9 Å². The highest BCUT2D eigenvalue weighted by Crippen LogP contribution is 2.12. The first kappa shape index (κ1) is 18.1. The van der Waals surface area contributed by atoms with Gasteiger partial charge in [0.2, 0.25) is 0 Å². The Morgan fingerprint density at radius 1 is 0.773 bits per heavy atom. The van der Waals surface area contributed by atoms with Gasteiger partial charge in [0.1, 0.15) is 0 Å². The summed E-state index contributed by atoms with van der Waals surface area (Å²) in [5, 5.41) is 0. The maximum Gasteiger partial charge on any atom is 0.339 e. The van der Waals surface area contributed by atoms with Crippen LogP contribution in [0, 0.1) is 0 Å². The smallest absolute Gasteiger partial charge is 0.339 e. The highest BCUT2D eigenvalue weighted by Gasteiger charge is 2.18. The molecule has 0 aliphatic carbocycles. The number of carbonyl (C=O) groups excluding carboxylic acids is 2. The maximum absolute atomic E-state index is 12.0. The fraction of sp³-hybridized carbons (Fsp3) is 0.500. The summed E-state index contributed by atoms with van der Waals surface area (Å²) in [5.74, 6) is -1.08. The molecule has 0 saturated carbocycles. The molecule has 0 heterocycles. The fourth-order valence-corrected chi connectivity index (χ4v) is 1.73. The molecule has 0 unspecified atom stereocenters. The first-order valence-corrected chi connectivity index (χ1v) is 7.12. The Morgan fingerprint density at radius 2 is 1.18 bits per heavy atom. The molecule has 0 spiro atoms. The molecule has 0 N–H and O–H groups in total. The third-order valence-corrected chi connectivity index (χ3v) is 2.82. The zero-order valence-corrected chi connectivity index (χ0v) is 13.0. The molecular formula is C16H22O6. The molecule has 122 valence electrons. The second-order valence-corrected chi connectivity index (χ2v) is 4.51. The lowest BCUT2D eigenvalue weighted by Crippen LogP contribution is -2.15. The molecule has 0 saturated heterocycles. The van der Waals surface area contributed by atoms with Gasteiger partial charge in [0.15, 0.2) is 0 Å². The lowest BCUT2D eigenvalue weighted by molar-refractivity contribution is 0.0421. The predicted octanol–water partition coefficient (Wildman–Crippen LogP) is 2.07. The van der Waals surface area contributed by atoms with Crippen molar-refractivity contribution in [3.8, 4) is 0 Å². The molecular weight excluding hydrogens is 288 g/mol. The minimum atomic E-state index is -0.541. The van der Waals surface area contributed by atoms with Crippen molar-refractivity contribution in [3.63, 3.8) is 0 Å². The molecule has 0 aromatic heterocycles. The molecule has 6 heteroatoms. The van der Waals surface area contributed by atoms with Crippen LogP contribution in [0.4, 0.5) is 0 Å². The molecule has 22 heavy (non-hydrogen) atoms. The molecule has 0 atom stereocenters. The number of carbonyl (C=O) groups is 2. The minimum absolute atomic E-state index is 0.205.